The van der Waals surface area contributed by atoms with Crippen molar-refractivity contribution >= 4 is 17.4 Å². The van der Waals surface area contributed by atoms with Crippen LogP contribution in [0.5, 0.6) is 0 Å². The molecule has 0 fully saturated rings. The van der Waals surface area contributed by atoms with Crippen molar-refractivity contribution in [1.29, 1.82) is 0 Å². The molecule has 0 unspecified atom stereocenters. The predicted molar refractivity (Wildman–Crippen MR) is 54.6 cm³/mol. The Hall–Kier alpha value is -1.02. The average molecular weight is 198 g/mol. The first kappa shape index (κ1) is 10.1. The number of hydrogen-bond donors (Lipinski definition) is 0. The Morgan fingerprint density at radius 2 is 2.31 bits per heavy atom. The fourth-order valence-corrected chi connectivity index (χ4v) is 1.29. The van der Waals surface area contributed by atoms with Gasteiger partial charge in [-0.2, -0.15) is 0 Å². The minimum atomic E-state index is 0.443. The van der Waals surface area contributed by atoms with Gasteiger partial charge >= 0.3 is 0 Å². The Morgan fingerprint density at radius 3 is 2.85 bits per heavy atom. The largest absolute Gasteiger partial charge is 0.494 e. The maximum Gasteiger partial charge on any atom is 0.140 e. The zero-order chi connectivity index (χ0) is 9.84. The van der Waals surface area contributed by atoms with Crippen molar-refractivity contribution < 1.29 is 4.74 Å². The van der Waals surface area contributed by atoms with Crippen LogP contribution < -0.4 is 0 Å². The lowest BCUT2D eigenvalue weighted by molar-refractivity contribution is 0.299. The molecule has 0 aromatic carbocycles. The average Bonchev–Trinajstić information content (AvgIpc) is 2.04. The highest BCUT2D eigenvalue weighted by Crippen LogP contribution is 2.21. The Balaban J connectivity index is 2.95. The van der Waals surface area contributed by atoms with Gasteiger partial charge in [0.05, 0.1) is 12.2 Å². The molecule has 1 aromatic rings. The molecule has 0 aliphatic heterocycles. The van der Waals surface area contributed by atoms with Crippen LogP contribution in [0.3, 0.4) is 0 Å². The monoisotopic (exact) mass is 197 g/mol. The second-order valence-electron chi connectivity index (χ2n) is 2.65. The summed E-state index contributed by atoms with van der Waals surface area (Å²) in [5, 5.41) is 0.443. The zero-order valence-corrected chi connectivity index (χ0v) is 8.56. The van der Waals surface area contributed by atoms with Crippen molar-refractivity contribution in [2.75, 3.05) is 6.61 Å². The second kappa shape index (κ2) is 4.28. The molecule has 0 aliphatic rings. The normalized spacial score (nSPS) is 9.77. The Morgan fingerprint density at radius 1 is 1.62 bits per heavy atom. The van der Waals surface area contributed by atoms with Crippen LogP contribution in [-0.2, 0) is 4.74 Å². The SMILES string of the molecule is C=C(OCC)c1ccc(C)nc1Cl. The molecule has 0 aliphatic carbocycles. The first-order valence-corrected chi connectivity index (χ1v) is 4.48. The first-order chi connectivity index (χ1) is 6.15. The van der Waals surface area contributed by atoms with Crippen LogP contribution >= 0.6 is 11.6 Å². The van der Waals surface area contributed by atoms with Crippen LogP contribution in [0.25, 0.3) is 5.76 Å². The van der Waals surface area contributed by atoms with Crippen LogP contribution in [0.15, 0.2) is 18.7 Å². The number of aromatic nitrogens is 1. The third-order valence-electron chi connectivity index (χ3n) is 1.61. The van der Waals surface area contributed by atoms with Crippen LogP contribution in [0.4, 0.5) is 0 Å². The zero-order valence-electron chi connectivity index (χ0n) is 7.80. The molecule has 70 valence electrons. The van der Waals surface area contributed by atoms with E-state index in [-0.39, 0.29) is 0 Å². The molecular weight excluding hydrogens is 186 g/mol. The Labute approximate surface area is 83.2 Å². The maximum atomic E-state index is 5.91. The minimum Gasteiger partial charge on any atom is -0.494 e. The van der Waals surface area contributed by atoms with Crippen LogP contribution in [-0.4, -0.2) is 11.6 Å². The molecule has 1 rings (SSSR count). The highest BCUT2D eigenvalue weighted by atomic mass is 35.5. The van der Waals surface area contributed by atoms with Gasteiger partial charge in [-0.25, -0.2) is 4.98 Å². The third-order valence-corrected chi connectivity index (χ3v) is 1.90. The van der Waals surface area contributed by atoms with E-state index in [1.807, 2.05) is 26.0 Å². The van der Waals surface area contributed by atoms with Gasteiger partial charge in [0.25, 0.3) is 0 Å². The van der Waals surface area contributed by atoms with E-state index < -0.39 is 0 Å². The molecule has 0 bridgehead atoms. The van der Waals surface area contributed by atoms with E-state index in [0.717, 1.165) is 11.3 Å². The topological polar surface area (TPSA) is 22.1 Å². The van der Waals surface area contributed by atoms with Crippen LogP contribution in [0, 0.1) is 6.92 Å². The predicted octanol–water partition coefficient (Wildman–Crippen LogP) is 3.05. The van der Waals surface area contributed by atoms with Gasteiger partial charge in [-0.1, -0.05) is 18.2 Å². The minimum absolute atomic E-state index is 0.443. The number of hydrogen-bond acceptors (Lipinski definition) is 2. The summed E-state index contributed by atoms with van der Waals surface area (Å²) < 4.78 is 5.23. The molecule has 0 saturated heterocycles. The molecule has 0 N–H and O–H groups in total. The third kappa shape index (κ3) is 2.46. The van der Waals surface area contributed by atoms with E-state index >= 15 is 0 Å². The van der Waals surface area contributed by atoms with E-state index in [1.54, 1.807) is 0 Å². The summed E-state index contributed by atoms with van der Waals surface area (Å²) in [4.78, 5) is 4.10. The number of ether oxygens (including phenoxy) is 1. The molecule has 3 heteroatoms. The Bertz CT molecular complexity index is 323. The van der Waals surface area contributed by atoms with Gasteiger partial charge in [0, 0.05) is 5.69 Å². The summed E-state index contributed by atoms with van der Waals surface area (Å²) in [7, 11) is 0. The molecule has 0 saturated carbocycles. The lowest BCUT2D eigenvalue weighted by atomic mass is 10.2. The number of rotatable bonds is 3. The van der Waals surface area contributed by atoms with E-state index in [9.17, 15) is 0 Å². The summed E-state index contributed by atoms with van der Waals surface area (Å²) in [6.45, 7) is 8.14. The van der Waals surface area contributed by atoms with Crippen molar-refractivity contribution in [1.82, 2.24) is 4.98 Å². The standard InChI is InChI=1S/C10H12ClNO/c1-4-13-8(3)9-6-5-7(2)12-10(9)11/h5-6H,3-4H2,1-2H3. The molecule has 0 radical (unpaired) electrons. The summed E-state index contributed by atoms with van der Waals surface area (Å²) in [6.07, 6.45) is 0. The van der Waals surface area contributed by atoms with E-state index in [2.05, 4.69) is 11.6 Å². The van der Waals surface area contributed by atoms with E-state index in [0.29, 0.717) is 17.5 Å². The van der Waals surface area contributed by atoms with Crippen LogP contribution in [0.2, 0.25) is 5.15 Å². The number of nitrogens with zero attached hydrogens (tertiary/aromatic N) is 1. The van der Waals surface area contributed by atoms with Crippen molar-refractivity contribution in [3.05, 3.63) is 35.1 Å². The number of aryl methyl sites for hydroxylation is 1. The molecule has 0 atom stereocenters. The number of pyridine rings is 1. The van der Waals surface area contributed by atoms with Gasteiger partial charge in [0.2, 0.25) is 0 Å². The molecule has 2 nitrogen and oxygen atoms in total. The molecule has 1 heterocycles. The molecule has 1 aromatic heterocycles. The molecular formula is C10H12ClNO. The van der Waals surface area contributed by atoms with Gasteiger partial charge in [-0.15, -0.1) is 0 Å². The summed E-state index contributed by atoms with van der Waals surface area (Å²) in [5.74, 6) is 0.569. The van der Waals surface area contributed by atoms with Crippen molar-refractivity contribution in [3.63, 3.8) is 0 Å². The van der Waals surface area contributed by atoms with Gasteiger partial charge in [0.15, 0.2) is 0 Å². The summed E-state index contributed by atoms with van der Waals surface area (Å²) >= 11 is 5.91. The van der Waals surface area contributed by atoms with Crippen molar-refractivity contribution in [2.45, 2.75) is 13.8 Å². The van der Waals surface area contributed by atoms with Gasteiger partial charge in [-0.05, 0) is 26.0 Å². The first-order valence-electron chi connectivity index (χ1n) is 4.10. The molecule has 0 amide bonds. The van der Waals surface area contributed by atoms with Crippen LogP contribution in [0.1, 0.15) is 18.2 Å². The summed E-state index contributed by atoms with van der Waals surface area (Å²) in [6, 6.07) is 3.74. The van der Waals surface area contributed by atoms with Gasteiger partial charge in [0.1, 0.15) is 10.9 Å². The van der Waals surface area contributed by atoms with E-state index in [4.69, 9.17) is 16.3 Å². The highest BCUT2D eigenvalue weighted by molar-refractivity contribution is 6.31. The maximum absolute atomic E-state index is 5.91. The van der Waals surface area contributed by atoms with Gasteiger partial charge in [-0.3, -0.25) is 0 Å². The highest BCUT2D eigenvalue weighted by Gasteiger charge is 2.05. The lowest BCUT2D eigenvalue weighted by Gasteiger charge is -2.08. The Kier molecular flexibility index (Phi) is 3.32. The van der Waals surface area contributed by atoms with Gasteiger partial charge < -0.3 is 4.74 Å². The quantitative estimate of drug-likeness (QED) is 0.549. The molecule has 13 heavy (non-hydrogen) atoms. The number of halogens is 1. The van der Waals surface area contributed by atoms with E-state index in [1.165, 1.54) is 0 Å². The van der Waals surface area contributed by atoms with Crippen molar-refractivity contribution in [3.8, 4) is 0 Å². The molecule has 0 spiro atoms. The van der Waals surface area contributed by atoms with Crippen molar-refractivity contribution in [2.24, 2.45) is 0 Å². The second-order valence-corrected chi connectivity index (χ2v) is 3.01. The fraction of sp³-hybridized carbons (Fsp3) is 0.300. The summed E-state index contributed by atoms with van der Waals surface area (Å²) in [5.41, 5.74) is 1.65. The fourth-order valence-electron chi connectivity index (χ4n) is 0.985. The smallest absolute Gasteiger partial charge is 0.140 e. The lowest BCUT2D eigenvalue weighted by Crippen LogP contribution is -1.93.